The van der Waals surface area contributed by atoms with Crippen molar-refractivity contribution in [1.82, 2.24) is 0 Å². The van der Waals surface area contributed by atoms with Gasteiger partial charge in [-0.05, 0) is 37.1 Å². The van der Waals surface area contributed by atoms with Crippen LogP contribution in [0.1, 0.15) is 57.8 Å². The van der Waals surface area contributed by atoms with Crippen molar-refractivity contribution >= 4 is 23.5 Å². The van der Waals surface area contributed by atoms with Gasteiger partial charge in [-0.25, -0.2) is 4.79 Å². The number of hydrogen-bond acceptors (Lipinski definition) is 10. The number of rotatable bonds is 5. The van der Waals surface area contributed by atoms with E-state index in [2.05, 4.69) is 0 Å². The highest BCUT2D eigenvalue weighted by Gasteiger charge is 2.78. The van der Waals surface area contributed by atoms with Gasteiger partial charge in [0.2, 0.25) is 0 Å². The van der Waals surface area contributed by atoms with E-state index in [-0.39, 0.29) is 18.6 Å². The molecule has 1 aromatic rings. The number of carbonyl (C=O) groups excluding carboxylic acids is 4. The van der Waals surface area contributed by atoms with Crippen LogP contribution in [0.15, 0.2) is 41.5 Å². The molecule has 5 rings (SSSR count). The predicted octanol–water partition coefficient (Wildman–Crippen LogP) is 2.60. The molecule has 4 aliphatic rings. The summed E-state index contributed by atoms with van der Waals surface area (Å²) in [7, 11) is 2.85. The maximum Gasteiger partial charge on any atom is 0.338 e. The van der Waals surface area contributed by atoms with Crippen molar-refractivity contribution in [1.29, 1.82) is 0 Å². The average molecular weight is 571 g/mol. The number of carbonyl (C=O) groups is 4. The van der Waals surface area contributed by atoms with Crippen LogP contribution >= 0.6 is 0 Å². The van der Waals surface area contributed by atoms with Crippen molar-refractivity contribution in [2.45, 2.75) is 83.1 Å². The Hall–Kier alpha value is -2.92. The van der Waals surface area contributed by atoms with Crippen molar-refractivity contribution in [3.05, 3.63) is 47.0 Å². The van der Waals surface area contributed by atoms with Gasteiger partial charge in [0, 0.05) is 39.4 Å². The monoisotopic (exact) mass is 570 g/mol. The molecule has 222 valence electrons. The third kappa shape index (κ3) is 3.91. The minimum atomic E-state index is -2.03. The van der Waals surface area contributed by atoms with Crippen LogP contribution in [0.3, 0.4) is 0 Å². The van der Waals surface area contributed by atoms with Gasteiger partial charge in [0.1, 0.15) is 23.9 Å². The molecule has 1 heterocycles. The van der Waals surface area contributed by atoms with Gasteiger partial charge in [0.25, 0.3) is 0 Å². The van der Waals surface area contributed by atoms with E-state index in [9.17, 15) is 24.3 Å². The second-order valence-electron chi connectivity index (χ2n) is 12.4. The van der Waals surface area contributed by atoms with E-state index in [1.54, 1.807) is 58.0 Å². The summed E-state index contributed by atoms with van der Waals surface area (Å²) in [5.41, 5.74) is -5.42. The zero-order valence-electron chi connectivity index (χ0n) is 24.5. The standard InChI is InChI=1S/C31H38O10/c1-16-19(33)14-31(36)26(40-27(35)18-11-9-8-10-12-18)24-29(5,25(34)23(38-7)22(16)28(31,3)4)20(37-6)13-21-30(24,15-39-21)41-17(2)32/h8-12,20-21,23-24,26,36H,13-15H2,1-7H3/t20-,21+,23+,24-,26-,29+,30-,31+/m0/s1. The third-order valence-corrected chi connectivity index (χ3v) is 10.2. The van der Waals surface area contributed by atoms with E-state index in [0.717, 1.165) is 0 Å². The van der Waals surface area contributed by atoms with Crippen LogP contribution in [0, 0.1) is 16.7 Å². The summed E-state index contributed by atoms with van der Waals surface area (Å²) in [4.78, 5) is 54.7. The molecule has 1 aliphatic heterocycles. The predicted molar refractivity (Wildman–Crippen MR) is 144 cm³/mol. The highest BCUT2D eigenvalue weighted by molar-refractivity contribution is 6.02. The van der Waals surface area contributed by atoms with Crippen molar-refractivity contribution in [3.8, 4) is 0 Å². The Bertz CT molecular complexity index is 1320. The molecule has 3 fully saturated rings. The van der Waals surface area contributed by atoms with Crippen molar-refractivity contribution in [2.75, 3.05) is 20.8 Å². The van der Waals surface area contributed by atoms with E-state index < -0.39 is 82.3 Å². The SMILES string of the molecule is CO[C@H]1C(=O)[C@]2(C)[C@@H](OC)C[C@H]3OC[C@@]3(OC(C)=O)[C@H]2[C@H](OC(=O)c2ccccc2)[C@]2(O)CC(=O)C(C)=C1C2(C)C. The second-order valence-corrected chi connectivity index (χ2v) is 12.4. The number of esters is 2. The van der Waals surface area contributed by atoms with E-state index in [1.165, 1.54) is 21.1 Å². The molecule has 1 aromatic carbocycles. The number of hydrogen-bond donors (Lipinski definition) is 1. The fourth-order valence-electron chi connectivity index (χ4n) is 7.99. The lowest BCUT2D eigenvalue weighted by Crippen LogP contribution is -2.81. The minimum absolute atomic E-state index is 0.0928. The van der Waals surface area contributed by atoms with Gasteiger partial charge in [0.05, 0.1) is 29.6 Å². The first-order chi connectivity index (χ1) is 19.2. The number of allylic oxidation sites excluding steroid dienone is 1. The van der Waals surface area contributed by atoms with Crippen LogP contribution in [0.5, 0.6) is 0 Å². The summed E-state index contributed by atoms with van der Waals surface area (Å²) in [6.07, 6.45) is -4.39. The molecule has 10 nitrogen and oxygen atoms in total. The highest BCUT2D eigenvalue weighted by atomic mass is 16.6. The molecule has 10 heteroatoms. The second kappa shape index (κ2) is 9.83. The largest absolute Gasteiger partial charge is 0.455 e. The maximum atomic E-state index is 14.9. The van der Waals surface area contributed by atoms with Gasteiger partial charge < -0.3 is 28.8 Å². The number of fused-ring (bicyclic) bond motifs is 5. The molecule has 1 N–H and O–H groups in total. The first-order valence-electron chi connectivity index (χ1n) is 13.8. The van der Waals surface area contributed by atoms with Crippen LogP contribution in [0.4, 0.5) is 0 Å². The molecule has 2 saturated carbocycles. The zero-order chi connectivity index (χ0) is 30.1. The highest BCUT2D eigenvalue weighted by Crippen LogP contribution is 2.64. The Morgan fingerprint density at radius 3 is 2.24 bits per heavy atom. The molecule has 3 aliphatic carbocycles. The van der Waals surface area contributed by atoms with Crippen LogP contribution in [-0.4, -0.2) is 85.1 Å². The topological polar surface area (TPSA) is 135 Å². The number of ether oxygens (including phenoxy) is 5. The lowest BCUT2D eigenvalue weighted by atomic mass is 9.44. The quantitative estimate of drug-likeness (QED) is 0.527. The Kier molecular flexibility index (Phi) is 7.09. The number of Topliss-reactive ketones (excluding diaryl/α,β-unsaturated/α-hetero) is 2. The molecule has 2 bridgehead atoms. The summed E-state index contributed by atoms with van der Waals surface area (Å²) in [6, 6.07) is 8.25. The van der Waals surface area contributed by atoms with Crippen molar-refractivity contribution in [3.63, 3.8) is 0 Å². The van der Waals surface area contributed by atoms with Gasteiger partial charge in [-0.1, -0.05) is 32.0 Å². The zero-order valence-corrected chi connectivity index (χ0v) is 24.5. The molecule has 0 unspecified atom stereocenters. The summed E-state index contributed by atoms with van der Waals surface area (Å²) >= 11 is 0. The van der Waals surface area contributed by atoms with E-state index in [1.807, 2.05) is 0 Å². The first kappa shape index (κ1) is 29.6. The fraction of sp³-hybridized carbons (Fsp3) is 0.613. The smallest absolute Gasteiger partial charge is 0.338 e. The van der Waals surface area contributed by atoms with Gasteiger partial charge in [-0.15, -0.1) is 0 Å². The summed E-state index contributed by atoms with van der Waals surface area (Å²) in [5, 5.41) is 12.8. The van der Waals surface area contributed by atoms with Crippen LogP contribution in [0.2, 0.25) is 0 Å². The first-order valence-corrected chi connectivity index (χ1v) is 13.8. The lowest BCUT2D eigenvalue weighted by Gasteiger charge is -2.67. The molecule has 0 spiro atoms. The normalized spacial score (nSPS) is 39.5. The van der Waals surface area contributed by atoms with Gasteiger partial charge in [0.15, 0.2) is 17.2 Å². The Morgan fingerprint density at radius 2 is 1.71 bits per heavy atom. The molecule has 0 amide bonds. The fourth-order valence-corrected chi connectivity index (χ4v) is 7.99. The van der Waals surface area contributed by atoms with Crippen molar-refractivity contribution in [2.24, 2.45) is 16.7 Å². The van der Waals surface area contributed by atoms with Gasteiger partial charge in [-0.3, -0.25) is 14.4 Å². The van der Waals surface area contributed by atoms with Crippen LogP contribution in [0.25, 0.3) is 0 Å². The number of aliphatic hydroxyl groups is 1. The molecule has 41 heavy (non-hydrogen) atoms. The van der Waals surface area contributed by atoms with E-state index in [4.69, 9.17) is 23.7 Å². The number of methoxy groups -OCH3 is 2. The summed E-state index contributed by atoms with van der Waals surface area (Å²) in [6.45, 7) is 7.89. The number of ketones is 2. The van der Waals surface area contributed by atoms with Crippen LogP contribution in [-0.2, 0) is 38.1 Å². The third-order valence-electron chi connectivity index (χ3n) is 10.2. The minimum Gasteiger partial charge on any atom is -0.455 e. The Morgan fingerprint density at radius 1 is 1.05 bits per heavy atom. The summed E-state index contributed by atoms with van der Waals surface area (Å²) < 4.78 is 29.9. The van der Waals surface area contributed by atoms with E-state index >= 15 is 0 Å². The Balaban J connectivity index is 1.85. The molecule has 0 aromatic heterocycles. The van der Waals surface area contributed by atoms with E-state index in [0.29, 0.717) is 11.1 Å². The molecular formula is C31H38O10. The summed E-state index contributed by atoms with van der Waals surface area (Å²) in [5.74, 6) is -3.36. The van der Waals surface area contributed by atoms with Gasteiger partial charge >= 0.3 is 11.9 Å². The molecule has 8 atom stereocenters. The molecule has 1 saturated heterocycles. The van der Waals surface area contributed by atoms with Crippen molar-refractivity contribution < 1.29 is 48.0 Å². The average Bonchev–Trinajstić information content (AvgIpc) is 2.91. The van der Waals surface area contributed by atoms with Gasteiger partial charge in [-0.2, -0.15) is 0 Å². The lowest BCUT2D eigenvalue weighted by molar-refractivity contribution is -0.346. The van der Waals surface area contributed by atoms with Crippen LogP contribution < -0.4 is 0 Å². The Labute approximate surface area is 239 Å². The maximum absolute atomic E-state index is 14.9. The number of benzene rings is 1. The molecular weight excluding hydrogens is 532 g/mol. The molecule has 0 radical (unpaired) electrons.